The summed E-state index contributed by atoms with van der Waals surface area (Å²) in [6.07, 6.45) is 4.08. The Bertz CT molecular complexity index is 2610. The summed E-state index contributed by atoms with van der Waals surface area (Å²) in [7, 11) is 0. The molecule has 0 aliphatic carbocycles. The lowest BCUT2D eigenvalue weighted by atomic mass is 9.90. The van der Waals surface area contributed by atoms with Crippen molar-refractivity contribution >= 4 is 23.6 Å². The van der Waals surface area contributed by atoms with Crippen LogP contribution in [0, 0.1) is 23.3 Å². The molecule has 1 unspecified atom stereocenters. The number of piperidine rings is 2. The highest BCUT2D eigenvalue weighted by molar-refractivity contribution is 5.99. The minimum Gasteiger partial charge on any atom is -0.356 e. The van der Waals surface area contributed by atoms with Gasteiger partial charge in [0.2, 0.25) is 11.8 Å². The van der Waals surface area contributed by atoms with Crippen LogP contribution in [0.5, 0.6) is 0 Å². The molecule has 2 atom stereocenters. The van der Waals surface area contributed by atoms with Crippen LogP contribution in [0.2, 0.25) is 0 Å². The number of nitrogens with one attached hydrogen (secondary N) is 4. The number of fused-ring (bicyclic) bond motifs is 2. The van der Waals surface area contributed by atoms with Crippen molar-refractivity contribution < 1.29 is 36.7 Å². The van der Waals surface area contributed by atoms with Crippen LogP contribution in [-0.4, -0.2) is 56.7 Å². The second-order valence-electron chi connectivity index (χ2n) is 16.0. The zero-order valence-electron chi connectivity index (χ0n) is 34.2. The SMILES string of the molecule is O=C1NCc2nc(-c3c(F)cccc3F)nc(Cc3ccc(C4CCCNC4=O)cc3)c21.O=C1NCc2nc(-c3c(F)cccc3F)nc(Cc3ccc([C@H]4CCCNC4=O)cc3)c21. The maximum absolute atomic E-state index is 14.3. The van der Waals surface area contributed by atoms with Gasteiger partial charge in [-0.15, -0.1) is 0 Å². The molecule has 2 aromatic heterocycles. The second-order valence-corrected chi connectivity index (χ2v) is 16.0. The number of amides is 4. The summed E-state index contributed by atoms with van der Waals surface area (Å²) >= 11 is 0. The molecule has 6 heterocycles. The summed E-state index contributed by atoms with van der Waals surface area (Å²) in [5.41, 5.74) is 5.34. The van der Waals surface area contributed by atoms with Crippen molar-refractivity contribution in [1.82, 2.24) is 41.2 Å². The Labute approximate surface area is 364 Å². The lowest BCUT2D eigenvalue weighted by molar-refractivity contribution is -0.124. The van der Waals surface area contributed by atoms with Crippen LogP contribution in [0.4, 0.5) is 17.6 Å². The topological polar surface area (TPSA) is 168 Å². The van der Waals surface area contributed by atoms with E-state index in [0.29, 0.717) is 59.8 Å². The first-order valence-corrected chi connectivity index (χ1v) is 21.0. The van der Waals surface area contributed by atoms with Crippen molar-refractivity contribution in [2.45, 2.75) is 63.5 Å². The molecular weight excluding hydrogens is 829 g/mol. The van der Waals surface area contributed by atoms with Crippen LogP contribution in [-0.2, 0) is 35.5 Å². The average molecular weight is 869 g/mol. The monoisotopic (exact) mass is 868 g/mol. The average Bonchev–Trinajstić information content (AvgIpc) is 3.86. The Morgan fingerprint density at radius 3 is 1.20 bits per heavy atom. The number of benzene rings is 4. The number of rotatable bonds is 8. The first-order valence-electron chi connectivity index (χ1n) is 21.0. The maximum Gasteiger partial charge on any atom is 0.255 e. The Hall–Kier alpha value is -7.36. The van der Waals surface area contributed by atoms with E-state index in [1.54, 1.807) is 0 Å². The van der Waals surface area contributed by atoms with Crippen molar-refractivity contribution in [3.8, 4) is 22.8 Å². The van der Waals surface area contributed by atoms with E-state index in [1.165, 1.54) is 12.1 Å². The lowest BCUT2D eigenvalue weighted by Gasteiger charge is -2.22. The number of carbonyl (C=O) groups excluding carboxylic acids is 4. The third-order valence-electron chi connectivity index (χ3n) is 11.9. The Morgan fingerprint density at radius 1 is 0.469 bits per heavy atom. The smallest absolute Gasteiger partial charge is 0.255 e. The summed E-state index contributed by atoms with van der Waals surface area (Å²) in [6.45, 7) is 1.78. The summed E-state index contributed by atoms with van der Waals surface area (Å²) in [5, 5.41) is 11.2. The fourth-order valence-electron chi connectivity index (χ4n) is 8.61. The molecule has 324 valence electrons. The fourth-order valence-corrected chi connectivity index (χ4v) is 8.61. The van der Waals surface area contributed by atoms with Crippen molar-refractivity contribution in [3.05, 3.63) is 164 Å². The Kier molecular flexibility index (Phi) is 11.7. The first kappa shape index (κ1) is 42.0. The normalized spacial score (nSPS) is 17.6. The fraction of sp³-hybridized carbons (Fsp3) is 0.250. The van der Waals surface area contributed by atoms with Crippen LogP contribution in [0.3, 0.4) is 0 Å². The molecule has 4 amide bonds. The number of hydrogen-bond donors (Lipinski definition) is 4. The van der Waals surface area contributed by atoms with E-state index in [2.05, 4.69) is 41.2 Å². The largest absolute Gasteiger partial charge is 0.356 e. The molecule has 4 N–H and O–H groups in total. The molecule has 4 aliphatic heterocycles. The molecule has 2 saturated heterocycles. The number of nitrogens with zero attached hydrogens (tertiary/aromatic N) is 4. The van der Waals surface area contributed by atoms with Gasteiger partial charge in [-0.1, -0.05) is 60.7 Å². The highest BCUT2D eigenvalue weighted by Crippen LogP contribution is 2.31. The van der Waals surface area contributed by atoms with E-state index in [0.717, 1.165) is 72.2 Å². The predicted octanol–water partition coefficient (Wildman–Crippen LogP) is 6.50. The summed E-state index contributed by atoms with van der Waals surface area (Å²) in [4.78, 5) is 66.3. The molecule has 0 bridgehead atoms. The quantitative estimate of drug-likeness (QED) is 0.126. The summed E-state index contributed by atoms with van der Waals surface area (Å²) < 4.78 is 57.4. The van der Waals surface area contributed by atoms with Crippen LogP contribution < -0.4 is 21.3 Å². The number of hydrogen-bond acceptors (Lipinski definition) is 8. The summed E-state index contributed by atoms with van der Waals surface area (Å²) in [6, 6.07) is 22.4. The molecule has 4 aromatic carbocycles. The minimum absolute atomic E-state index is 0.0332. The highest BCUT2D eigenvalue weighted by atomic mass is 19.1. The van der Waals surface area contributed by atoms with Crippen LogP contribution in [0.25, 0.3) is 22.8 Å². The molecule has 0 saturated carbocycles. The van der Waals surface area contributed by atoms with Gasteiger partial charge in [0, 0.05) is 25.9 Å². The number of halogens is 4. The Morgan fingerprint density at radius 2 is 0.844 bits per heavy atom. The van der Waals surface area contributed by atoms with Gasteiger partial charge in [0.05, 0.1) is 70.0 Å². The molecule has 10 rings (SSSR count). The van der Waals surface area contributed by atoms with Gasteiger partial charge in [-0.05, 0) is 72.2 Å². The Balaban J connectivity index is 0.000000162. The van der Waals surface area contributed by atoms with Crippen molar-refractivity contribution in [3.63, 3.8) is 0 Å². The molecule has 12 nitrogen and oxygen atoms in total. The van der Waals surface area contributed by atoms with Crippen LogP contribution in [0.15, 0.2) is 84.9 Å². The van der Waals surface area contributed by atoms with Gasteiger partial charge in [0.25, 0.3) is 11.8 Å². The third-order valence-corrected chi connectivity index (χ3v) is 11.9. The van der Waals surface area contributed by atoms with Gasteiger partial charge in [-0.3, -0.25) is 19.2 Å². The van der Waals surface area contributed by atoms with Gasteiger partial charge < -0.3 is 21.3 Å². The molecule has 64 heavy (non-hydrogen) atoms. The highest BCUT2D eigenvalue weighted by Gasteiger charge is 2.31. The van der Waals surface area contributed by atoms with Crippen LogP contribution >= 0.6 is 0 Å². The molecule has 2 fully saturated rings. The van der Waals surface area contributed by atoms with Gasteiger partial charge in [0.15, 0.2) is 11.6 Å². The maximum atomic E-state index is 14.3. The van der Waals surface area contributed by atoms with Crippen molar-refractivity contribution in [1.29, 1.82) is 0 Å². The summed E-state index contributed by atoms with van der Waals surface area (Å²) in [5.74, 6) is -4.07. The molecule has 16 heteroatoms. The molecule has 0 spiro atoms. The standard InChI is InChI=1S/2C24H20F2N4O2/c2*25-16-4-1-5-17(26)20(16)22-29-18(21-19(30-22)12-28-24(21)32)11-13-6-8-14(9-7-13)15-3-2-10-27-23(15)31/h2*1,4-9,15H,2-3,10-12H2,(H,27,31)(H,28,32)/t15-;/m1./s1. The number of aromatic nitrogens is 4. The molecular formula is C48H40F4N8O4. The van der Waals surface area contributed by atoms with Gasteiger partial charge in [-0.2, -0.15) is 0 Å². The van der Waals surface area contributed by atoms with E-state index >= 15 is 0 Å². The lowest BCUT2D eigenvalue weighted by Crippen LogP contribution is -2.35. The predicted molar refractivity (Wildman–Crippen MR) is 226 cm³/mol. The first-order chi connectivity index (χ1) is 31.0. The van der Waals surface area contributed by atoms with Gasteiger partial charge in [-0.25, -0.2) is 37.5 Å². The van der Waals surface area contributed by atoms with E-state index in [-0.39, 0.29) is 71.3 Å². The molecule has 0 radical (unpaired) electrons. The zero-order valence-corrected chi connectivity index (χ0v) is 34.2. The number of carbonyl (C=O) groups is 4. The van der Waals surface area contributed by atoms with Crippen LogP contribution in [0.1, 0.15) is 103 Å². The molecule has 6 aromatic rings. The molecule has 4 aliphatic rings. The second kappa shape index (κ2) is 17.8. The van der Waals surface area contributed by atoms with Gasteiger partial charge >= 0.3 is 0 Å². The third kappa shape index (κ3) is 8.42. The minimum atomic E-state index is -0.761. The van der Waals surface area contributed by atoms with Crippen molar-refractivity contribution in [2.24, 2.45) is 0 Å². The van der Waals surface area contributed by atoms with E-state index in [4.69, 9.17) is 0 Å². The zero-order chi connectivity index (χ0) is 44.5. The van der Waals surface area contributed by atoms with E-state index in [1.807, 2.05) is 48.5 Å². The van der Waals surface area contributed by atoms with E-state index in [9.17, 15) is 36.7 Å². The van der Waals surface area contributed by atoms with Gasteiger partial charge in [0.1, 0.15) is 23.3 Å². The van der Waals surface area contributed by atoms with Crippen molar-refractivity contribution in [2.75, 3.05) is 13.1 Å². The van der Waals surface area contributed by atoms with E-state index < -0.39 is 23.3 Å².